The molecular formula is C12H8Br2F2S. The van der Waals surface area contributed by atoms with Gasteiger partial charge in [0.2, 0.25) is 0 Å². The summed E-state index contributed by atoms with van der Waals surface area (Å²) >= 11 is 8.50. The standard InChI is InChI=1S/C12H8Br2F2S/c13-9(11-3-4-12(14)17-11)5-7-1-2-8(15)6-10(7)16/h1-4,6,9H,5H2. The zero-order chi connectivity index (χ0) is 12.4. The number of rotatable bonds is 3. The van der Waals surface area contributed by atoms with Crippen molar-refractivity contribution in [2.75, 3.05) is 0 Å². The number of alkyl halides is 1. The Balaban J connectivity index is 2.15. The van der Waals surface area contributed by atoms with Crippen LogP contribution >= 0.6 is 43.2 Å². The van der Waals surface area contributed by atoms with E-state index in [1.807, 2.05) is 12.1 Å². The number of halogens is 4. The molecule has 1 heterocycles. The molecule has 0 saturated carbocycles. The van der Waals surface area contributed by atoms with E-state index in [-0.39, 0.29) is 4.83 Å². The normalized spacial score (nSPS) is 12.7. The maximum atomic E-state index is 13.5. The van der Waals surface area contributed by atoms with Gasteiger partial charge in [-0.1, -0.05) is 22.0 Å². The smallest absolute Gasteiger partial charge is 0.129 e. The number of benzene rings is 1. The van der Waals surface area contributed by atoms with Crippen LogP contribution in [0.2, 0.25) is 0 Å². The molecule has 0 saturated heterocycles. The Morgan fingerprint density at radius 3 is 2.53 bits per heavy atom. The molecule has 90 valence electrons. The van der Waals surface area contributed by atoms with Crippen molar-refractivity contribution in [1.82, 2.24) is 0 Å². The van der Waals surface area contributed by atoms with Crippen LogP contribution in [0.1, 0.15) is 15.3 Å². The van der Waals surface area contributed by atoms with Gasteiger partial charge in [0.25, 0.3) is 0 Å². The maximum Gasteiger partial charge on any atom is 0.129 e. The summed E-state index contributed by atoms with van der Waals surface area (Å²) in [4.78, 5) is 1.15. The Morgan fingerprint density at radius 1 is 1.18 bits per heavy atom. The molecule has 0 aliphatic carbocycles. The third kappa shape index (κ3) is 3.36. The second-order valence-corrected chi connectivity index (χ2v) is 7.15. The highest BCUT2D eigenvalue weighted by atomic mass is 79.9. The second kappa shape index (κ2) is 5.59. The van der Waals surface area contributed by atoms with Crippen LogP contribution in [-0.2, 0) is 6.42 Å². The lowest BCUT2D eigenvalue weighted by atomic mass is 10.1. The molecular weight excluding hydrogens is 374 g/mol. The van der Waals surface area contributed by atoms with Crippen LogP contribution in [0.25, 0.3) is 0 Å². The molecule has 0 aliphatic heterocycles. The van der Waals surface area contributed by atoms with E-state index in [4.69, 9.17) is 0 Å². The first-order valence-electron chi connectivity index (χ1n) is 4.89. The Bertz CT molecular complexity index is 525. The molecule has 1 aromatic carbocycles. The Labute approximate surface area is 119 Å². The van der Waals surface area contributed by atoms with Crippen molar-refractivity contribution in [2.24, 2.45) is 0 Å². The van der Waals surface area contributed by atoms with Gasteiger partial charge in [0, 0.05) is 10.9 Å². The van der Waals surface area contributed by atoms with Gasteiger partial charge in [-0.3, -0.25) is 0 Å². The monoisotopic (exact) mass is 380 g/mol. The summed E-state index contributed by atoms with van der Waals surface area (Å²) in [5.41, 5.74) is 0.512. The van der Waals surface area contributed by atoms with E-state index in [0.717, 1.165) is 14.7 Å². The summed E-state index contributed by atoms with van der Waals surface area (Å²) in [6, 6.07) is 7.62. The van der Waals surface area contributed by atoms with E-state index in [1.54, 1.807) is 11.3 Å². The molecule has 0 aliphatic rings. The number of thiophene rings is 1. The minimum Gasteiger partial charge on any atom is -0.207 e. The van der Waals surface area contributed by atoms with Gasteiger partial charge in [-0.05, 0) is 46.1 Å². The number of hydrogen-bond acceptors (Lipinski definition) is 1. The first-order chi connectivity index (χ1) is 8.06. The van der Waals surface area contributed by atoms with Crippen molar-refractivity contribution >= 4 is 43.2 Å². The van der Waals surface area contributed by atoms with Crippen LogP contribution in [0.3, 0.4) is 0 Å². The van der Waals surface area contributed by atoms with E-state index in [9.17, 15) is 8.78 Å². The second-order valence-electron chi connectivity index (χ2n) is 3.55. The summed E-state index contributed by atoms with van der Waals surface area (Å²) in [6.07, 6.45) is 0.499. The highest BCUT2D eigenvalue weighted by molar-refractivity contribution is 9.11. The van der Waals surface area contributed by atoms with E-state index < -0.39 is 11.6 Å². The van der Waals surface area contributed by atoms with Crippen molar-refractivity contribution < 1.29 is 8.78 Å². The van der Waals surface area contributed by atoms with Crippen molar-refractivity contribution in [3.63, 3.8) is 0 Å². The molecule has 2 aromatic rings. The van der Waals surface area contributed by atoms with Crippen LogP contribution in [-0.4, -0.2) is 0 Å². The number of hydrogen-bond donors (Lipinski definition) is 0. The van der Waals surface area contributed by atoms with Crippen LogP contribution in [0.5, 0.6) is 0 Å². The van der Waals surface area contributed by atoms with Gasteiger partial charge in [0.1, 0.15) is 11.6 Å². The van der Waals surface area contributed by atoms with Crippen molar-refractivity contribution in [3.8, 4) is 0 Å². The zero-order valence-corrected chi connectivity index (χ0v) is 12.6. The molecule has 5 heteroatoms. The first kappa shape index (κ1) is 13.2. The average Bonchev–Trinajstić information content (AvgIpc) is 2.69. The molecule has 0 nitrogen and oxygen atoms in total. The fourth-order valence-corrected chi connectivity index (χ4v) is 3.66. The van der Waals surface area contributed by atoms with Gasteiger partial charge < -0.3 is 0 Å². The molecule has 0 bridgehead atoms. The fraction of sp³-hybridized carbons (Fsp3) is 0.167. The molecule has 2 rings (SSSR count). The van der Waals surface area contributed by atoms with E-state index in [1.165, 1.54) is 12.1 Å². The summed E-state index contributed by atoms with van der Waals surface area (Å²) in [5.74, 6) is -1.04. The molecule has 0 fully saturated rings. The fourth-order valence-electron chi connectivity index (χ4n) is 1.48. The Morgan fingerprint density at radius 2 is 1.94 bits per heavy atom. The Kier molecular flexibility index (Phi) is 4.33. The molecule has 1 atom stereocenters. The van der Waals surface area contributed by atoms with E-state index in [2.05, 4.69) is 31.9 Å². The van der Waals surface area contributed by atoms with Crippen molar-refractivity contribution in [3.05, 3.63) is 56.2 Å². The minimum absolute atomic E-state index is 0.0405. The van der Waals surface area contributed by atoms with Crippen molar-refractivity contribution in [2.45, 2.75) is 11.2 Å². The predicted octanol–water partition coefficient (Wildman–Crippen LogP) is 5.47. The third-order valence-electron chi connectivity index (χ3n) is 2.32. The lowest BCUT2D eigenvalue weighted by molar-refractivity contribution is 0.571. The van der Waals surface area contributed by atoms with Gasteiger partial charge in [-0.25, -0.2) is 8.78 Å². The molecule has 1 unspecified atom stereocenters. The summed E-state index contributed by atoms with van der Waals surface area (Å²) in [6.45, 7) is 0. The molecule has 0 N–H and O–H groups in total. The van der Waals surface area contributed by atoms with Gasteiger partial charge in [0.15, 0.2) is 0 Å². The van der Waals surface area contributed by atoms with E-state index >= 15 is 0 Å². The lowest BCUT2D eigenvalue weighted by Crippen LogP contribution is -1.97. The molecule has 0 amide bonds. The lowest BCUT2D eigenvalue weighted by Gasteiger charge is -2.08. The summed E-state index contributed by atoms with van der Waals surface area (Å²) < 4.78 is 27.3. The van der Waals surface area contributed by atoms with Crippen LogP contribution in [0, 0.1) is 11.6 Å². The topological polar surface area (TPSA) is 0 Å². The molecule has 0 spiro atoms. The van der Waals surface area contributed by atoms with Crippen LogP contribution < -0.4 is 0 Å². The highest BCUT2D eigenvalue weighted by Crippen LogP contribution is 2.34. The molecule has 1 aromatic heterocycles. The Hall–Kier alpha value is -0.260. The van der Waals surface area contributed by atoms with Gasteiger partial charge in [0.05, 0.1) is 8.61 Å². The summed E-state index contributed by atoms with van der Waals surface area (Å²) in [7, 11) is 0. The molecule has 0 radical (unpaired) electrons. The average molecular weight is 382 g/mol. The van der Waals surface area contributed by atoms with Crippen LogP contribution in [0.15, 0.2) is 34.1 Å². The minimum atomic E-state index is -0.545. The van der Waals surface area contributed by atoms with E-state index in [0.29, 0.717) is 12.0 Å². The zero-order valence-electron chi connectivity index (χ0n) is 8.59. The first-order valence-corrected chi connectivity index (χ1v) is 7.42. The third-order valence-corrected chi connectivity index (χ3v) is 5.17. The van der Waals surface area contributed by atoms with Crippen LogP contribution in [0.4, 0.5) is 8.78 Å². The van der Waals surface area contributed by atoms with Gasteiger partial charge in [-0.15, -0.1) is 11.3 Å². The summed E-state index contributed by atoms with van der Waals surface area (Å²) in [5, 5.41) is 0. The maximum absolute atomic E-state index is 13.5. The van der Waals surface area contributed by atoms with Crippen molar-refractivity contribution in [1.29, 1.82) is 0 Å². The molecule has 17 heavy (non-hydrogen) atoms. The predicted molar refractivity (Wildman–Crippen MR) is 73.7 cm³/mol. The van der Waals surface area contributed by atoms with Gasteiger partial charge in [-0.2, -0.15) is 0 Å². The SMILES string of the molecule is Fc1ccc(CC(Br)c2ccc(Br)s2)c(F)c1. The van der Waals surface area contributed by atoms with Gasteiger partial charge >= 0.3 is 0 Å². The highest BCUT2D eigenvalue weighted by Gasteiger charge is 2.13. The largest absolute Gasteiger partial charge is 0.207 e. The quantitative estimate of drug-likeness (QED) is 0.618.